The van der Waals surface area contributed by atoms with Crippen molar-refractivity contribution in [3.8, 4) is 0 Å². The average Bonchev–Trinajstić information content (AvgIpc) is 2.38. The SMILES string of the molecule is CS/C(=C\c1ccccc1)C1CCCCC1. The van der Waals surface area contributed by atoms with Crippen molar-refractivity contribution in [2.75, 3.05) is 6.26 Å². The normalized spacial score (nSPS) is 18.7. The Morgan fingerprint density at radius 3 is 2.44 bits per heavy atom. The van der Waals surface area contributed by atoms with E-state index in [-0.39, 0.29) is 0 Å². The monoisotopic (exact) mass is 232 g/mol. The second-order valence-corrected chi connectivity index (χ2v) is 5.38. The maximum atomic E-state index is 2.38. The summed E-state index contributed by atoms with van der Waals surface area (Å²) >= 11 is 1.93. The minimum Gasteiger partial charge on any atom is -0.134 e. The Bertz CT molecular complexity index is 334. The molecule has 0 N–H and O–H groups in total. The molecule has 0 spiro atoms. The van der Waals surface area contributed by atoms with Gasteiger partial charge in [0, 0.05) is 0 Å². The molecule has 1 aliphatic carbocycles. The number of hydrogen-bond acceptors (Lipinski definition) is 1. The Labute approximate surface area is 103 Å². The predicted octanol–water partition coefficient (Wildman–Crippen LogP) is 4.97. The molecule has 2 rings (SSSR count). The third kappa shape index (κ3) is 3.15. The van der Waals surface area contributed by atoms with Gasteiger partial charge in [0.1, 0.15) is 0 Å². The summed E-state index contributed by atoms with van der Waals surface area (Å²) in [6.45, 7) is 0. The van der Waals surface area contributed by atoms with Gasteiger partial charge in [0.15, 0.2) is 0 Å². The summed E-state index contributed by atoms with van der Waals surface area (Å²) in [5.74, 6) is 0.823. The van der Waals surface area contributed by atoms with Crippen LogP contribution >= 0.6 is 11.8 Å². The molecular formula is C15H20S. The molecule has 1 aromatic carbocycles. The zero-order valence-corrected chi connectivity index (χ0v) is 10.8. The first-order valence-electron chi connectivity index (χ1n) is 6.21. The standard InChI is InChI=1S/C15H20S/c1-16-15(14-10-6-3-7-11-14)12-13-8-4-2-5-9-13/h2,4-5,8-9,12,14H,3,6-7,10-11H2,1H3/b15-12-. The Balaban J connectivity index is 2.12. The van der Waals surface area contributed by atoms with Gasteiger partial charge in [-0.3, -0.25) is 0 Å². The van der Waals surface area contributed by atoms with Crippen LogP contribution < -0.4 is 0 Å². The number of benzene rings is 1. The molecule has 0 aliphatic heterocycles. The van der Waals surface area contributed by atoms with Gasteiger partial charge in [0.25, 0.3) is 0 Å². The largest absolute Gasteiger partial charge is 0.134 e. The highest BCUT2D eigenvalue weighted by molar-refractivity contribution is 8.02. The smallest absolute Gasteiger partial charge is 0.0102 e. The van der Waals surface area contributed by atoms with Crippen LogP contribution in [0.5, 0.6) is 0 Å². The molecule has 0 radical (unpaired) electrons. The Morgan fingerprint density at radius 2 is 1.81 bits per heavy atom. The molecule has 0 aromatic heterocycles. The van der Waals surface area contributed by atoms with Crippen molar-refractivity contribution in [3.05, 3.63) is 40.8 Å². The van der Waals surface area contributed by atoms with Crippen LogP contribution in [0.4, 0.5) is 0 Å². The van der Waals surface area contributed by atoms with Crippen molar-refractivity contribution in [1.82, 2.24) is 0 Å². The molecule has 0 heterocycles. The Hall–Kier alpha value is -0.690. The molecule has 1 aliphatic rings. The van der Waals surface area contributed by atoms with E-state index in [9.17, 15) is 0 Å². The van der Waals surface area contributed by atoms with E-state index in [1.165, 1.54) is 37.7 Å². The number of hydrogen-bond donors (Lipinski definition) is 0. The highest BCUT2D eigenvalue weighted by atomic mass is 32.2. The summed E-state index contributed by atoms with van der Waals surface area (Å²) in [5.41, 5.74) is 1.34. The maximum absolute atomic E-state index is 2.38. The fraction of sp³-hybridized carbons (Fsp3) is 0.467. The lowest BCUT2D eigenvalue weighted by Crippen LogP contribution is -2.07. The second-order valence-electron chi connectivity index (χ2n) is 4.50. The third-order valence-electron chi connectivity index (χ3n) is 3.35. The summed E-state index contributed by atoms with van der Waals surface area (Å²) in [6, 6.07) is 10.7. The highest BCUT2D eigenvalue weighted by Crippen LogP contribution is 2.35. The quantitative estimate of drug-likeness (QED) is 0.709. The van der Waals surface area contributed by atoms with Gasteiger partial charge in [-0.1, -0.05) is 49.6 Å². The lowest BCUT2D eigenvalue weighted by atomic mass is 9.88. The molecule has 1 fully saturated rings. The third-order valence-corrected chi connectivity index (χ3v) is 4.27. The molecule has 0 bridgehead atoms. The van der Waals surface area contributed by atoms with Gasteiger partial charge in [0.05, 0.1) is 0 Å². The van der Waals surface area contributed by atoms with Crippen LogP contribution in [0.3, 0.4) is 0 Å². The summed E-state index contributed by atoms with van der Waals surface area (Å²) in [6.07, 6.45) is 11.6. The van der Waals surface area contributed by atoms with Gasteiger partial charge in [-0.05, 0) is 41.6 Å². The van der Waals surface area contributed by atoms with E-state index >= 15 is 0 Å². The topological polar surface area (TPSA) is 0 Å². The van der Waals surface area contributed by atoms with E-state index in [0.717, 1.165) is 5.92 Å². The molecule has 0 atom stereocenters. The minimum absolute atomic E-state index is 0.823. The van der Waals surface area contributed by atoms with Gasteiger partial charge < -0.3 is 0 Å². The number of allylic oxidation sites excluding steroid dienone is 1. The van der Waals surface area contributed by atoms with Crippen molar-refractivity contribution in [3.63, 3.8) is 0 Å². The number of thioether (sulfide) groups is 1. The van der Waals surface area contributed by atoms with E-state index in [2.05, 4.69) is 42.7 Å². The van der Waals surface area contributed by atoms with Gasteiger partial charge in [0.2, 0.25) is 0 Å². The van der Waals surface area contributed by atoms with Gasteiger partial charge >= 0.3 is 0 Å². The average molecular weight is 232 g/mol. The van der Waals surface area contributed by atoms with E-state index in [4.69, 9.17) is 0 Å². The van der Waals surface area contributed by atoms with Crippen LogP contribution in [0.15, 0.2) is 35.2 Å². The Kier molecular flexibility index (Phi) is 4.53. The van der Waals surface area contributed by atoms with E-state index in [1.54, 1.807) is 4.91 Å². The van der Waals surface area contributed by atoms with Crippen LogP contribution in [0, 0.1) is 5.92 Å². The molecule has 86 valence electrons. The van der Waals surface area contributed by atoms with Crippen LogP contribution in [-0.2, 0) is 0 Å². The predicted molar refractivity (Wildman–Crippen MR) is 74.5 cm³/mol. The first-order chi connectivity index (χ1) is 7.90. The Morgan fingerprint density at radius 1 is 1.12 bits per heavy atom. The van der Waals surface area contributed by atoms with Crippen LogP contribution in [0.1, 0.15) is 37.7 Å². The molecule has 1 aromatic rings. The van der Waals surface area contributed by atoms with Crippen molar-refractivity contribution >= 4 is 17.8 Å². The lowest BCUT2D eigenvalue weighted by Gasteiger charge is -2.23. The number of rotatable bonds is 3. The van der Waals surface area contributed by atoms with E-state index in [1.807, 2.05) is 11.8 Å². The molecule has 1 saturated carbocycles. The zero-order valence-electron chi connectivity index (χ0n) is 9.99. The van der Waals surface area contributed by atoms with Crippen molar-refractivity contribution < 1.29 is 0 Å². The van der Waals surface area contributed by atoms with Crippen LogP contribution in [0.25, 0.3) is 6.08 Å². The molecule has 16 heavy (non-hydrogen) atoms. The van der Waals surface area contributed by atoms with Crippen molar-refractivity contribution in [2.24, 2.45) is 5.92 Å². The van der Waals surface area contributed by atoms with E-state index in [0.29, 0.717) is 0 Å². The first kappa shape index (κ1) is 11.8. The molecule has 1 heteroatoms. The van der Waals surface area contributed by atoms with Crippen molar-refractivity contribution in [1.29, 1.82) is 0 Å². The minimum atomic E-state index is 0.823. The summed E-state index contributed by atoms with van der Waals surface area (Å²) in [7, 11) is 0. The van der Waals surface area contributed by atoms with Crippen LogP contribution in [-0.4, -0.2) is 6.26 Å². The zero-order chi connectivity index (χ0) is 11.2. The summed E-state index contributed by atoms with van der Waals surface area (Å²) < 4.78 is 0. The lowest BCUT2D eigenvalue weighted by molar-refractivity contribution is 0.416. The van der Waals surface area contributed by atoms with Crippen molar-refractivity contribution in [2.45, 2.75) is 32.1 Å². The summed E-state index contributed by atoms with van der Waals surface area (Å²) in [5, 5.41) is 0. The second kappa shape index (κ2) is 6.15. The summed E-state index contributed by atoms with van der Waals surface area (Å²) in [4.78, 5) is 1.57. The van der Waals surface area contributed by atoms with Gasteiger partial charge in [-0.15, -0.1) is 11.8 Å². The molecular weight excluding hydrogens is 212 g/mol. The van der Waals surface area contributed by atoms with Crippen LogP contribution in [0.2, 0.25) is 0 Å². The van der Waals surface area contributed by atoms with Gasteiger partial charge in [-0.2, -0.15) is 0 Å². The maximum Gasteiger partial charge on any atom is -0.0102 e. The fourth-order valence-corrected chi connectivity index (χ4v) is 3.27. The molecule has 0 unspecified atom stereocenters. The molecule has 0 amide bonds. The highest BCUT2D eigenvalue weighted by Gasteiger charge is 2.16. The van der Waals surface area contributed by atoms with E-state index < -0.39 is 0 Å². The first-order valence-corrected chi connectivity index (χ1v) is 7.43. The molecule has 0 nitrogen and oxygen atoms in total. The molecule has 0 saturated heterocycles. The van der Waals surface area contributed by atoms with Gasteiger partial charge in [-0.25, -0.2) is 0 Å². The fourth-order valence-electron chi connectivity index (χ4n) is 2.44.